The quantitative estimate of drug-likeness (QED) is 0.572. The van der Waals surface area contributed by atoms with E-state index >= 15 is 0 Å². The molecule has 78 valence electrons. The zero-order valence-corrected chi connectivity index (χ0v) is 7.84. The lowest BCUT2D eigenvalue weighted by Gasteiger charge is -2.11. The monoisotopic (exact) mass is 248 g/mol. The summed E-state index contributed by atoms with van der Waals surface area (Å²) < 4.78 is 53.2. The lowest BCUT2D eigenvalue weighted by atomic mass is 10.3. The van der Waals surface area contributed by atoms with Crippen LogP contribution in [0.5, 0.6) is 5.75 Å². The predicted molar refractivity (Wildman–Crippen MR) is 42.8 cm³/mol. The van der Waals surface area contributed by atoms with Crippen molar-refractivity contribution in [1.82, 2.24) is 0 Å². The molecule has 0 aliphatic carbocycles. The molecule has 14 heavy (non-hydrogen) atoms. The van der Waals surface area contributed by atoms with Crippen LogP contribution in [0.2, 0.25) is 5.02 Å². The third-order valence-electron chi connectivity index (χ3n) is 1.18. The van der Waals surface area contributed by atoms with E-state index in [9.17, 15) is 17.6 Å². The Morgan fingerprint density at radius 2 is 1.57 bits per heavy atom. The number of hydrogen-bond donors (Lipinski definition) is 0. The van der Waals surface area contributed by atoms with Gasteiger partial charge in [0.15, 0.2) is 17.4 Å². The molecule has 0 amide bonds. The molecule has 1 aromatic carbocycles. The van der Waals surface area contributed by atoms with Crippen LogP contribution in [0.15, 0.2) is 12.1 Å². The Kier molecular flexibility index (Phi) is 3.11. The third kappa shape index (κ3) is 2.92. The molecule has 0 heterocycles. The fourth-order valence-electron chi connectivity index (χ4n) is 0.742. The molecule has 1 rings (SSSR count). The highest BCUT2D eigenvalue weighted by Gasteiger charge is 2.31. The van der Waals surface area contributed by atoms with E-state index < -0.39 is 23.0 Å². The molecular formula is C7H2Cl2F4O. The fourth-order valence-corrected chi connectivity index (χ4v) is 1.01. The standard InChI is InChI=1S/C7H2Cl2F4O/c8-3-1-4(10)6(5(11)2-3)14-7(9,12)13/h1-2H. The van der Waals surface area contributed by atoms with Crippen molar-refractivity contribution in [3.63, 3.8) is 0 Å². The maximum atomic E-state index is 12.8. The molecule has 1 aromatic rings. The van der Waals surface area contributed by atoms with Crippen LogP contribution in [0.4, 0.5) is 17.6 Å². The summed E-state index contributed by atoms with van der Waals surface area (Å²) in [5.74, 6) is -3.97. The summed E-state index contributed by atoms with van der Waals surface area (Å²) in [5.41, 5.74) is -4.17. The van der Waals surface area contributed by atoms with Crippen LogP contribution in [-0.4, -0.2) is 5.57 Å². The molecule has 1 nitrogen and oxygen atoms in total. The highest BCUT2D eigenvalue weighted by Crippen LogP contribution is 2.31. The Labute approximate surface area is 86.2 Å². The van der Waals surface area contributed by atoms with E-state index in [-0.39, 0.29) is 5.02 Å². The van der Waals surface area contributed by atoms with E-state index in [0.717, 1.165) is 0 Å². The number of rotatable bonds is 2. The van der Waals surface area contributed by atoms with Gasteiger partial charge in [0, 0.05) is 16.6 Å². The first-order valence-corrected chi connectivity index (χ1v) is 3.95. The second-order valence-corrected chi connectivity index (χ2v) is 3.12. The molecule has 0 saturated carbocycles. The topological polar surface area (TPSA) is 9.23 Å². The molecule has 0 bridgehead atoms. The zero-order valence-electron chi connectivity index (χ0n) is 6.33. The fraction of sp³-hybridized carbons (Fsp3) is 0.143. The van der Waals surface area contributed by atoms with Gasteiger partial charge in [0.05, 0.1) is 0 Å². The first-order chi connectivity index (χ1) is 6.29. The maximum absolute atomic E-state index is 12.8. The van der Waals surface area contributed by atoms with Crippen molar-refractivity contribution in [3.8, 4) is 5.75 Å². The molecule has 0 saturated heterocycles. The van der Waals surface area contributed by atoms with E-state index in [1.165, 1.54) is 0 Å². The number of hydrogen-bond acceptors (Lipinski definition) is 1. The largest absolute Gasteiger partial charge is 0.487 e. The van der Waals surface area contributed by atoms with Gasteiger partial charge >= 0.3 is 5.57 Å². The minimum atomic E-state index is -4.17. The van der Waals surface area contributed by atoms with Crippen LogP contribution in [0.3, 0.4) is 0 Å². The minimum absolute atomic E-state index is 0.273. The van der Waals surface area contributed by atoms with Gasteiger partial charge < -0.3 is 4.74 Å². The molecule has 0 N–H and O–H groups in total. The molecule has 0 fully saturated rings. The predicted octanol–water partition coefficient (Wildman–Crippen LogP) is 3.79. The molecule has 0 aromatic heterocycles. The van der Waals surface area contributed by atoms with Gasteiger partial charge in [-0.05, 0) is 12.1 Å². The number of benzene rings is 1. The van der Waals surface area contributed by atoms with Gasteiger partial charge in [-0.1, -0.05) is 11.6 Å². The molecule has 0 unspecified atom stereocenters. The smallest absolute Gasteiger partial charge is 0.414 e. The maximum Gasteiger partial charge on any atom is 0.487 e. The van der Waals surface area contributed by atoms with Crippen LogP contribution in [0.1, 0.15) is 0 Å². The first kappa shape index (κ1) is 11.4. The van der Waals surface area contributed by atoms with E-state index in [1.54, 1.807) is 0 Å². The third-order valence-corrected chi connectivity index (χ3v) is 1.48. The number of halogens is 6. The van der Waals surface area contributed by atoms with Crippen molar-refractivity contribution < 1.29 is 22.3 Å². The molecule has 0 aliphatic heterocycles. The van der Waals surface area contributed by atoms with Crippen molar-refractivity contribution in [1.29, 1.82) is 0 Å². The van der Waals surface area contributed by atoms with Gasteiger partial charge in [-0.2, -0.15) is 0 Å². The van der Waals surface area contributed by atoms with Crippen LogP contribution >= 0.6 is 23.2 Å². The number of ether oxygens (including phenoxy) is 1. The first-order valence-electron chi connectivity index (χ1n) is 3.20. The van der Waals surface area contributed by atoms with Crippen molar-refractivity contribution in [2.75, 3.05) is 0 Å². The molecular weight excluding hydrogens is 247 g/mol. The van der Waals surface area contributed by atoms with Crippen LogP contribution in [0.25, 0.3) is 0 Å². The van der Waals surface area contributed by atoms with E-state index in [1.807, 2.05) is 0 Å². The SMILES string of the molecule is Fc1cc(Cl)cc(F)c1OC(F)(F)Cl. The van der Waals surface area contributed by atoms with E-state index in [0.29, 0.717) is 12.1 Å². The highest BCUT2D eigenvalue weighted by molar-refractivity contribution is 6.30. The Morgan fingerprint density at radius 3 is 1.93 bits per heavy atom. The van der Waals surface area contributed by atoms with Gasteiger partial charge in [-0.3, -0.25) is 0 Å². The van der Waals surface area contributed by atoms with Gasteiger partial charge in [0.2, 0.25) is 0 Å². The normalized spacial score (nSPS) is 11.6. The van der Waals surface area contributed by atoms with E-state index in [4.69, 9.17) is 11.6 Å². The van der Waals surface area contributed by atoms with Crippen molar-refractivity contribution >= 4 is 23.2 Å². The van der Waals surface area contributed by atoms with Crippen molar-refractivity contribution in [2.45, 2.75) is 5.57 Å². The average Bonchev–Trinajstić information content (AvgIpc) is 1.95. The molecule has 0 aliphatic rings. The number of alkyl halides is 3. The van der Waals surface area contributed by atoms with Crippen LogP contribution in [0, 0.1) is 11.6 Å². The summed E-state index contributed by atoms with van der Waals surface area (Å²) in [5, 5.41) is -0.273. The Hall–Kier alpha value is -0.680. The van der Waals surface area contributed by atoms with Crippen LogP contribution in [-0.2, 0) is 0 Å². The van der Waals surface area contributed by atoms with Crippen LogP contribution < -0.4 is 4.74 Å². The van der Waals surface area contributed by atoms with Gasteiger partial charge in [-0.25, -0.2) is 8.78 Å². The van der Waals surface area contributed by atoms with E-state index in [2.05, 4.69) is 16.3 Å². The molecule has 0 radical (unpaired) electrons. The lowest BCUT2D eigenvalue weighted by molar-refractivity contribution is -0.100. The average molecular weight is 249 g/mol. The zero-order chi connectivity index (χ0) is 10.9. The Balaban J connectivity index is 3.09. The summed E-state index contributed by atoms with van der Waals surface area (Å²) in [7, 11) is 0. The van der Waals surface area contributed by atoms with Gasteiger partial charge in [0.25, 0.3) is 0 Å². The van der Waals surface area contributed by atoms with Gasteiger partial charge in [0.1, 0.15) is 0 Å². The highest BCUT2D eigenvalue weighted by atomic mass is 35.5. The minimum Gasteiger partial charge on any atom is -0.414 e. The van der Waals surface area contributed by atoms with Gasteiger partial charge in [-0.15, -0.1) is 8.78 Å². The summed E-state index contributed by atoms with van der Waals surface area (Å²) in [6.07, 6.45) is 0. The summed E-state index contributed by atoms with van der Waals surface area (Å²) in [6.45, 7) is 0. The van der Waals surface area contributed by atoms with Crippen molar-refractivity contribution in [3.05, 3.63) is 28.8 Å². The van der Waals surface area contributed by atoms with Crippen molar-refractivity contribution in [2.24, 2.45) is 0 Å². The summed E-state index contributed by atoms with van der Waals surface area (Å²) >= 11 is 9.57. The lowest BCUT2D eigenvalue weighted by Crippen LogP contribution is -2.17. The Morgan fingerprint density at radius 1 is 1.14 bits per heavy atom. The Bertz CT molecular complexity index is 327. The summed E-state index contributed by atoms with van der Waals surface area (Å²) in [4.78, 5) is 0. The molecule has 7 heteroatoms. The molecule has 0 spiro atoms. The second-order valence-electron chi connectivity index (χ2n) is 2.25. The second kappa shape index (κ2) is 3.82. The summed E-state index contributed by atoms with van der Waals surface area (Å²) in [6, 6.07) is 1.26. The molecule has 0 atom stereocenters.